The Morgan fingerprint density at radius 2 is 2.15 bits per heavy atom. The van der Waals surface area contributed by atoms with Crippen molar-refractivity contribution in [2.24, 2.45) is 5.73 Å². The zero-order chi connectivity index (χ0) is 10.1. The van der Waals surface area contributed by atoms with Gasteiger partial charge in [-0.05, 0) is 25.5 Å². The van der Waals surface area contributed by atoms with Gasteiger partial charge < -0.3 is 5.73 Å². The molecule has 78 valence electrons. The second-order valence-corrected chi connectivity index (χ2v) is 3.59. The lowest BCUT2D eigenvalue weighted by Gasteiger charge is -2.21. The number of rotatable bonds is 7. The minimum atomic E-state index is 0.722. The van der Waals surface area contributed by atoms with Crippen LogP contribution < -0.4 is 5.73 Å². The van der Waals surface area contributed by atoms with E-state index in [4.69, 9.17) is 17.3 Å². The minimum Gasteiger partial charge on any atom is -0.329 e. The first-order valence-electron chi connectivity index (χ1n) is 4.92. The van der Waals surface area contributed by atoms with E-state index in [0.29, 0.717) is 0 Å². The molecule has 0 saturated carbocycles. The van der Waals surface area contributed by atoms with Crippen LogP contribution in [0.15, 0.2) is 11.1 Å². The third kappa shape index (κ3) is 7.05. The zero-order valence-electron chi connectivity index (χ0n) is 8.72. The van der Waals surface area contributed by atoms with Crippen LogP contribution in [0.25, 0.3) is 0 Å². The van der Waals surface area contributed by atoms with E-state index >= 15 is 0 Å². The molecule has 0 radical (unpaired) electrons. The van der Waals surface area contributed by atoms with Crippen LogP contribution in [0.4, 0.5) is 0 Å². The lowest BCUT2D eigenvalue weighted by molar-refractivity contribution is 0.299. The summed E-state index contributed by atoms with van der Waals surface area (Å²) in [5.74, 6) is 0. The lowest BCUT2D eigenvalue weighted by Crippen LogP contribution is -2.31. The Morgan fingerprint density at radius 3 is 2.62 bits per heavy atom. The number of nitrogens with two attached hydrogens (primary N) is 1. The van der Waals surface area contributed by atoms with Gasteiger partial charge in [-0.2, -0.15) is 0 Å². The maximum Gasteiger partial charge on any atom is 0.0202 e. The summed E-state index contributed by atoms with van der Waals surface area (Å²) in [6.45, 7) is 7.99. The highest BCUT2D eigenvalue weighted by Crippen LogP contribution is 2.01. The van der Waals surface area contributed by atoms with Gasteiger partial charge in [0.15, 0.2) is 0 Å². The number of unbranched alkanes of at least 4 members (excludes halogenated alkanes) is 1. The Bertz CT molecular complexity index is 146. The molecule has 3 heteroatoms. The van der Waals surface area contributed by atoms with E-state index in [1.54, 1.807) is 5.54 Å². The van der Waals surface area contributed by atoms with Crippen molar-refractivity contribution in [1.82, 2.24) is 4.90 Å². The first-order valence-corrected chi connectivity index (χ1v) is 5.36. The smallest absolute Gasteiger partial charge is 0.0202 e. The Labute approximate surface area is 86.7 Å². The Morgan fingerprint density at radius 1 is 1.46 bits per heavy atom. The summed E-state index contributed by atoms with van der Waals surface area (Å²) in [6, 6.07) is 0. The molecule has 0 aliphatic rings. The zero-order valence-corrected chi connectivity index (χ0v) is 9.48. The molecule has 0 bridgehead atoms. The fraction of sp³-hybridized carbons (Fsp3) is 0.800. The molecule has 0 atom stereocenters. The lowest BCUT2D eigenvalue weighted by atomic mass is 10.2. The molecule has 0 rings (SSSR count). The van der Waals surface area contributed by atoms with Crippen LogP contribution in [0.5, 0.6) is 0 Å². The third-order valence-electron chi connectivity index (χ3n) is 1.93. The number of hydrogen-bond donors (Lipinski definition) is 1. The second kappa shape index (κ2) is 8.54. The fourth-order valence-corrected chi connectivity index (χ4v) is 1.29. The molecule has 0 amide bonds. The van der Waals surface area contributed by atoms with E-state index in [1.807, 2.05) is 6.92 Å². The molecule has 0 spiro atoms. The summed E-state index contributed by atoms with van der Waals surface area (Å²) in [4.78, 5) is 2.34. The molecule has 0 aromatic rings. The van der Waals surface area contributed by atoms with Crippen molar-refractivity contribution in [3.05, 3.63) is 11.1 Å². The van der Waals surface area contributed by atoms with E-state index in [1.165, 1.54) is 18.4 Å². The van der Waals surface area contributed by atoms with Gasteiger partial charge in [0.2, 0.25) is 0 Å². The van der Waals surface area contributed by atoms with Gasteiger partial charge in [-0.1, -0.05) is 24.9 Å². The van der Waals surface area contributed by atoms with Gasteiger partial charge in [0, 0.05) is 25.2 Å². The Kier molecular flexibility index (Phi) is 8.51. The molecular formula is C10H21ClN2. The van der Waals surface area contributed by atoms with E-state index in [9.17, 15) is 0 Å². The molecule has 0 aromatic carbocycles. The van der Waals surface area contributed by atoms with Gasteiger partial charge in [-0.3, -0.25) is 4.90 Å². The number of hydrogen-bond acceptors (Lipinski definition) is 2. The summed E-state index contributed by atoms with van der Waals surface area (Å²) < 4.78 is 0. The van der Waals surface area contributed by atoms with Gasteiger partial charge >= 0.3 is 0 Å². The molecule has 0 fully saturated rings. The topological polar surface area (TPSA) is 29.3 Å². The van der Waals surface area contributed by atoms with Gasteiger partial charge in [0.1, 0.15) is 0 Å². The predicted molar refractivity (Wildman–Crippen MR) is 60.0 cm³/mol. The molecule has 0 aliphatic carbocycles. The quantitative estimate of drug-likeness (QED) is 0.689. The molecule has 2 N–H and O–H groups in total. The summed E-state index contributed by atoms with van der Waals surface area (Å²) in [5.41, 5.74) is 8.37. The number of nitrogens with zero attached hydrogens (tertiary/aromatic N) is 1. The normalized spacial score (nSPS) is 12.5. The van der Waals surface area contributed by atoms with E-state index < -0.39 is 0 Å². The van der Waals surface area contributed by atoms with Crippen molar-refractivity contribution in [2.45, 2.75) is 26.7 Å². The van der Waals surface area contributed by atoms with E-state index in [-0.39, 0.29) is 0 Å². The van der Waals surface area contributed by atoms with Crippen LogP contribution in [0.3, 0.4) is 0 Å². The van der Waals surface area contributed by atoms with Gasteiger partial charge in [-0.25, -0.2) is 0 Å². The molecule has 0 saturated heterocycles. The molecule has 13 heavy (non-hydrogen) atoms. The SMILES string of the molecule is CCCCN(CCN)CC(C)=CCl. The Balaban J connectivity index is 3.79. The average Bonchev–Trinajstić information content (AvgIpc) is 2.14. The molecule has 0 aliphatic heterocycles. The fourth-order valence-electron chi connectivity index (χ4n) is 1.22. The minimum absolute atomic E-state index is 0.722. The van der Waals surface area contributed by atoms with Crippen LogP contribution in [0.1, 0.15) is 26.7 Å². The summed E-state index contributed by atoms with van der Waals surface area (Å²) in [6.07, 6.45) is 2.46. The van der Waals surface area contributed by atoms with Crippen molar-refractivity contribution in [1.29, 1.82) is 0 Å². The Hall–Kier alpha value is -0.0500. The molecule has 0 unspecified atom stereocenters. The molecular weight excluding hydrogens is 184 g/mol. The van der Waals surface area contributed by atoms with Crippen molar-refractivity contribution in [3.63, 3.8) is 0 Å². The summed E-state index contributed by atoms with van der Waals surface area (Å²) in [7, 11) is 0. The van der Waals surface area contributed by atoms with Crippen molar-refractivity contribution in [2.75, 3.05) is 26.2 Å². The first kappa shape index (κ1) is 12.9. The van der Waals surface area contributed by atoms with Crippen LogP contribution in [0, 0.1) is 0 Å². The largest absolute Gasteiger partial charge is 0.329 e. The van der Waals surface area contributed by atoms with Gasteiger partial charge in [0.05, 0.1) is 0 Å². The van der Waals surface area contributed by atoms with Crippen molar-refractivity contribution in [3.8, 4) is 0 Å². The van der Waals surface area contributed by atoms with E-state index in [0.717, 1.165) is 26.2 Å². The standard InChI is InChI=1S/C10H21ClN2/c1-3-4-6-13(7-5-12)9-10(2)8-11/h8H,3-7,9,12H2,1-2H3. The van der Waals surface area contributed by atoms with E-state index in [2.05, 4.69) is 11.8 Å². The van der Waals surface area contributed by atoms with Crippen molar-refractivity contribution >= 4 is 11.6 Å². The maximum absolute atomic E-state index is 5.61. The third-order valence-corrected chi connectivity index (χ3v) is 2.31. The highest BCUT2D eigenvalue weighted by atomic mass is 35.5. The van der Waals surface area contributed by atoms with Gasteiger partial charge in [0.25, 0.3) is 0 Å². The average molecular weight is 205 g/mol. The van der Waals surface area contributed by atoms with Crippen LogP contribution in [-0.2, 0) is 0 Å². The predicted octanol–water partition coefficient (Wildman–Crippen LogP) is 2.19. The monoisotopic (exact) mass is 204 g/mol. The van der Waals surface area contributed by atoms with Crippen molar-refractivity contribution < 1.29 is 0 Å². The highest BCUT2D eigenvalue weighted by molar-refractivity contribution is 6.25. The second-order valence-electron chi connectivity index (χ2n) is 3.37. The van der Waals surface area contributed by atoms with Crippen LogP contribution in [-0.4, -0.2) is 31.1 Å². The number of halogens is 1. The molecule has 0 aromatic heterocycles. The summed E-state index contributed by atoms with van der Waals surface area (Å²) in [5, 5.41) is 0. The molecule has 0 heterocycles. The molecule has 2 nitrogen and oxygen atoms in total. The summed E-state index contributed by atoms with van der Waals surface area (Å²) >= 11 is 5.61. The highest BCUT2D eigenvalue weighted by Gasteiger charge is 2.02. The maximum atomic E-state index is 5.61. The van der Waals surface area contributed by atoms with Crippen LogP contribution >= 0.6 is 11.6 Å². The first-order chi connectivity index (χ1) is 6.24. The van der Waals surface area contributed by atoms with Gasteiger partial charge in [-0.15, -0.1) is 0 Å². The van der Waals surface area contributed by atoms with Crippen LogP contribution in [0.2, 0.25) is 0 Å².